The molecule has 0 aliphatic heterocycles. The maximum Gasteiger partial charge on any atom is 0.191 e. The van der Waals surface area contributed by atoms with Gasteiger partial charge in [0.2, 0.25) is 0 Å². The second kappa shape index (κ2) is 10.6. The molecule has 0 bridgehead atoms. The van der Waals surface area contributed by atoms with E-state index < -0.39 is 0 Å². The molecule has 0 saturated heterocycles. The lowest BCUT2D eigenvalue weighted by Crippen LogP contribution is -2.38. The maximum atomic E-state index is 6.24. The average molecular weight is 415 g/mol. The molecular weight excluding hydrogens is 391 g/mol. The summed E-state index contributed by atoms with van der Waals surface area (Å²) in [7, 11) is 1.95. The van der Waals surface area contributed by atoms with Crippen LogP contribution in [0.2, 0.25) is 10.0 Å². The van der Waals surface area contributed by atoms with Gasteiger partial charge in [-0.25, -0.2) is 4.99 Å². The minimum Gasteiger partial charge on any atom is -0.356 e. The van der Waals surface area contributed by atoms with Crippen LogP contribution >= 0.6 is 35.0 Å². The van der Waals surface area contributed by atoms with Gasteiger partial charge in [0.25, 0.3) is 0 Å². The summed E-state index contributed by atoms with van der Waals surface area (Å²) in [6.07, 6.45) is 3.17. The van der Waals surface area contributed by atoms with E-state index in [4.69, 9.17) is 23.2 Å². The summed E-state index contributed by atoms with van der Waals surface area (Å²) in [6, 6.07) is 5.44. The molecule has 0 saturated carbocycles. The fourth-order valence-corrected chi connectivity index (χ4v) is 3.08. The van der Waals surface area contributed by atoms with Gasteiger partial charge in [-0.05, 0) is 43.0 Å². The molecular formula is C17H24Cl2N6S. The Balaban J connectivity index is 2.02. The quantitative estimate of drug-likeness (QED) is 0.393. The summed E-state index contributed by atoms with van der Waals surface area (Å²) >= 11 is 14.0. The molecule has 0 aliphatic rings. The molecule has 0 aliphatic carbocycles. The summed E-state index contributed by atoms with van der Waals surface area (Å²) in [6.45, 7) is 3.78. The topological polar surface area (TPSA) is 67.1 Å². The number of benzene rings is 1. The van der Waals surface area contributed by atoms with Gasteiger partial charge in [0, 0.05) is 23.6 Å². The molecule has 0 radical (unpaired) electrons. The van der Waals surface area contributed by atoms with Crippen LogP contribution < -0.4 is 10.6 Å². The standard InChI is InChI=1S/C17H24Cl2N6S/c1-12-23-24-16(25(12)2)11-22-17(20-7-4-8-26-3)21-10-13-5-6-14(18)9-15(13)19/h5-6,9H,4,7-8,10-11H2,1-3H3,(H2,20,21,22). The Hall–Kier alpha value is -1.44. The van der Waals surface area contributed by atoms with E-state index >= 15 is 0 Å². The number of halogens is 2. The van der Waals surface area contributed by atoms with Crippen LogP contribution in [0.1, 0.15) is 23.6 Å². The fraction of sp³-hybridized carbons (Fsp3) is 0.471. The van der Waals surface area contributed by atoms with Crippen LogP contribution in [0.15, 0.2) is 23.2 Å². The van der Waals surface area contributed by atoms with Gasteiger partial charge >= 0.3 is 0 Å². The van der Waals surface area contributed by atoms with E-state index in [1.807, 2.05) is 42.4 Å². The van der Waals surface area contributed by atoms with E-state index in [0.29, 0.717) is 23.1 Å². The van der Waals surface area contributed by atoms with Gasteiger partial charge in [-0.1, -0.05) is 29.3 Å². The molecule has 1 aromatic heterocycles. The second-order valence-corrected chi connectivity index (χ2v) is 7.58. The molecule has 142 valence electrons. The van der Waals surface area contributed by atoms with Crippen molar-refractivity contribution in [3.63, 3.8) is 0 Å². The molecule has 26 heavy (non-hydrogen) atoms. The third kappa shape index (κ3) is 6.37. The van der Waals surface area contributed by atoms with Crippen LogP contribution in [0.5, 0.6) is 0 Å². The number of guanidine groups is 1. The summed E-state index contributed by atoms with van der Waals surface area (Å²) in [5, 5.41) is 16.1. The number of aliphatic imine (C=N–C) groups is 1. The zero-order chi connectivity index (χ0) is 18.9. The molecule has 0 spiro atoms. The lowest BCUT2D eigenvalue weighted by atomic mass is 10.2. The van der Waals surface area contributed by atoms with Crippen LogP contribution in [0.4, 0.5) is 0 Å². The third-order valence-corrected chi connectivity index (χ3v) is 5.12. The summed E-state index contributed by atoms with van der Waals surface area (Å²) in [4.78, 5) is 4.64. The number of rotatable bonds is 8. The molecule has 1 aromatic carbocycles. The Morgan fingerprint density at radius 2 is 2.08 bits per heavy atom. The number of nitrogens with zero attached hydrogens (tertiary/aromatic N) is 4. The molecule has 1 heterocycles. The number of hydrogen-bond donors (Lipinski definition) is 2. The maximum absolute atomic E-state index is 6.24. The minimum atomic E-state index is 0.464. The highest BCUT2D eigenvalue weighted by atomic mass is 35.5. The molecule has 0 fully saturated rings. The Labute approximate surface area is 168 Å². The van der Waals surface area contributed by atoms with Crippen molar-refractivity contribution >= 4 is 40.9 Å². The van der Waals surface area contributed by atoms with E-state index in [2.05, 4.69) is 32.1 Å². The summed E-state index contributed by atoms with van der Waals surface area (Å²) < 4.78 is 1.95. The first-order chi connectivity index (χ1) is 12.5. The fourth-order valence-electron chi connectivity index (χ4n) is 2.18. The lowest BCUT2D eigenvalue weighted by molar-refractivity contribution is 0.711. The number of aryl methyl sites for hydroxylation is 1. The predicted molar refractivity (Wildman–Crippen MR) is 111 cm³/mol. The highest BCUT2D eigenvalue weighted by Crippen LogP contribution is 2.21. The SMILES string of the molecule is CSCCCNC(=NCc1ccc(Cl)cc1Cl)NCc1nnc(C)n1C. The van der Waals surface area contributed by atoms with Gasteiger partial charge < -0.3 is 15.2 Å². The Morgan fingerprint density at radius 3 is 2.73 bits per heavy atom. The van der Waals surface area contributed by atoms with E-state index in [1.54, 1.807) is 6.07 Å². The van der Waals surface area contributed by atoms with E-state index in [9.17, 15) is 0 Å². The second-order valence-electron chi connectivity index (χ2n) is 5.75. The van der Waals surface area contributed by atoms with E-state index in [1.165, 1.54) is 0 Å². The Morgan fingerprint density at radius 1 is 1.27 bits per heavy atom. The van der Waals surface area contributed by atoms with Gasteiger partial charge in [-0.2, -0.15) is 11.8 Å². The van der Waals surface area contributed by atoms with Gasteiger partial charge in [-0.15, -0.1) is 10.2 Å². The Bertz CT molecular complexity index is 747. The third-order valence-electron chi connectivity index (χ3n) is 3.84. The lowest BCUT2D eigenvalue weighted by Gasteiger charge is -2.13. The van der Waals surface area contributed by atoms with Crippen LogP contribution in [-0.2, 0) is 20.1 Å². The highest BCUT2D eigenvalue weighted by molar-refractivity contribution is 7.98. The van der Waals surface area contributed by atoms with Crippen molar-refractivity contribution < 1.29 is 0 Å². The molecule has 0 amide bonds. The van der Waals surface area contributed by atoms with Crippen molar-refractivity contribution in [2.45, 2.75) is 26.4 Å². The van der Waals surface area contributed by atoms with Crippen molar-refractivity contribution in [3.05, 3.63) is 45.5 Å². The van der Waals surface area contributed by atoms with Gasteiger partial charge in [0.1, 0.15) is 5.82 Å². The molecule has 2 N–H and O–H groups in total. The first-order valence-corrected chi connectivity index (χ1v) is 10.5. The minimum absolute atomic E-state index is 0.464. The Kier molecular flexibility index (Phi) is 8.54. The van der Waals surface area contributed by atoms with E-state index in [0.717, 1.165) is 41.9 Å². The highest BCUT2D eigenvalue weighted by Gasteiger charge is 2.07. The van der Waals surface area contributed by atoms with Crippen LogP contribution in [0, 0.1) is 6.92 Å². The molecule has 2 aromatic rings. The molecule has 0 unspecified atom stereocenters. The number of aromatic nitrogens is 3. The number of hydrogen-bond acceptors (Lipinski definition) is 4. The van der Waals surface area contributed by atoms with Crippen molar-refractivity contribution in [2.75, 3.05) is 18.6 Å². The molecule has 2 rings (SSSR count). The smallest absolute Gasteiger partial charge is 0.191 e. The summed E-state index contributed by atoms with van der Waals surface area (Å²) in [5.41, 5.74) is 0.927. The van der Waals surface area contributed by atoms with Crippen molar-refractivity contribution in [1.82, 2.24) is 25.4 Å². The first kappa shape index (κ1) is 20.9. The van der Waals surface area contributed by atoms with Gasteiger partial charge in [0.15, 0.2) is 11.8 Å². The van der Waals surface area contributed by atoms with Gasteiger partial charge in [0.05, 0.1) is 13.1 Å². The van der Waals surface area contributed by atoms with Crippen LogP contribution in [0.3, 0.4) is 0 Å². The normalized spacial score (nSPS) is 11.7. The first-order valence-electron chi connectivity index (χ1n) is 8.31. The number of thioether (sulfide) groups is 1. The molecule has 6 nitrogen and oxygen atoms in total. The van der Waals surface area contributed by atoms with Crippen molar-refractivity contribution in [2.24, 2.45) is 12.0 Å². The van der Waals surface area contributed by atoms with Gasteiger partial charge in [-0.3, -0.25) is 0 Å². The predicted octanol–water partition coefficient (Wildman–Crippen LogP) is 3.42. The van der Waals surface area contributed by atoms with Crippen LogP contribution in [-0.4, -0.2) is 39.3 Å². The van der Waals surface area contributed by atoms with Crippen molar-refractivity contribution in [1.29, 1.82) is 0 Å². The number of nitrogens with one attached hydrogen (secondary N) is 2. The zero-order valence-electron chi connectivity index (χ0n) is 15.2. The van der Waals surface area contributed by atoms with Crippen LogP contribution in [0.25, 0.3) is 0 Å². The van der Waals surface area contributed by atoms with Crippen molar-refractivity contribution in [3.8, 4) is 0 Å². The summed E-state index contributed by atoms with van der Waals surface area (Å²) in [5.74, 6) is 3.55. The molecule has 0 atom stereocenters. The molecule has 9 heteroatoms. The monoisotopic (exact) mass is 414 g/mol. The average Bonchev–Trinajstić information content (AvgIpc) is 2.93. The van der Waals surface area contributed by atoms with E-state index in [-0.39, 0.29) is 0 Å². The largest absolute Gasteiger partial charge is 0.356 e. The zero-order valence-corrected chi connectivity index (χ0v) is 17.5.